The van der Waals surface area contributed by atoms with Gasteiger partial charge in [0.25, 0.3) is 0 Å². The minimum Gasteiger partial charge on any atom is -0.480 e. The van der Waals surface area contributed by atoms with E-state index in [2.05, 4.69) is 5.32 Å². The zero-order valence-corrected chi connectivity index (χ0v) is 14.6. The third kappa shape index (κ3) is 3.77. The Kier molecular flexibility index (Phi) is 4.96. The third-order valence-corrected chi connectivity index (χ3v) is 6.42. The van der Waals surface area contributed by atoms with Crippen molar-refractivity contribution < 1.29 is 23.1 Å². The van der Waals surface area contributed by atoms with Crippen LogP contribution in [-0.4, -0.2) is 62.4 Å². The molecule has 25 heavy (non-hydrogen) atoms. The first-order valence-corrected chi connectivity index (χ1v) is 9.68. The van der Waals surface area contributed by atoms with Gasteiger partial charge in [-0.2, -0.15) is 4.31 Å². The Balaban J connectivity index is 1.77. The molecule has 2 aliphatic heterocycles. The lowest BCUT2D eigenvalue weighted by molar-refractivity contribution is -0.137. The molecule has 1 fully saturated rings. The van der Waals surface area contributed by atoms with Gasteiger partial charge in [0, 0.05) is 25.3 Å². The first-order chi connectivity index (χ1) is 11.9. The summed E-state index contributed by atoms with van der Waals surface area (Å²) in [4.78, 5) is 24.4. The monoisotopic (exact) mass is 367 g/mol. The molecule has 1 saturated heterocycles. The summed E-state index contributed by atoms with van der Waals surface area (Å²) in [5.74, 6) is -1.50. The summed E-state index contributed by atoms with van der Waals surface area (Å²) < 4.78 is 26.9. The van der Waals surface area contributed by atoms with Crippen molar-refractivity contribution in [3.8, 4) is 0 Å². The lowest BCUT2D eigenvalue weighted by atomic mass is 10.2. The SMILES string of the molecule is O=C(O)CNC(=O)CN1CCc2ccc(S(=O)(=O)N3CCCC3)cc21. The van der Waals surface area contributed by atoms with Gasteiger partial charge in [-0.05, 0) is 37.0 Å². The summed E-state index contributed by atoms with van der Waals surface area (Å²) in [7, 11) is -3.51. The molecule has 0 aromatic heterocycles. The second-order valence-electron chi connectivity index (χ2n) is 6.24. The molecule has 2 N–H and O–H groups in total. The summed E-state index contributed by atoms with van der Waals surface area (Å²) in [5, 5.41) is 10.9. The number of fused-ring (bicyclic) bond motifs is 1. The molecule has 0 spiro atoms. The Morgan fingerprint density at radius 3 is 2.56 bits per heavy atom. The summed E-state index contributed by atoms with van der Waals surface area (Å²) in [6.45, 7) is 1.26. The highest BCUT2D eigenvalue weighted by atomic mass is 32.2. The molecule has 0 atom stereocenters. The van der Waals surface area contributed by atoms with Gasteiger partial charge in [0.1, 0.15) is 6.54 Å². The van der Waals surface area contributed by atoms with E-state index in [1.807, 2.05) is 0 Å². The average Bonchev–Trinajstić information content (AvgIpc) is 3.23. The number of nitrogens with one attached hydrogen (secondary N) is 1. The van der Waals surface area contributed by atoms with Gasteiger partial charge in [0.2, 0.25) is 15.9 Å². The van der Waals surface area contributed by atoms with E-state index in [1.54, 1.807) is 23.1 Å². The van der Waals surface area contributed by atoms with E-state index in [1.165, 1.54) is 4.31 Å². The van der Waals surface area contributed by atoms with E-state index in [0.717, 1.165) is 30.5 Å². The molecule has 3 rings (SSSR count). The van der Waals surface area contributed by atoms with Crippen LogP contribution in [0.4, 0.5) is 5.69 Å². The van der Waals surface area contributed by atoms with Crippen molar-refractivity contribution in [3.05, 3.63) is 23.8 Å². The minimum atomic E-state index is -3.51. The maximum absolute atomic E-state index is 12.7. The van der Waals surface area contributed by atoms with Gasteiger partial charge in [-0.15, -0.1) is 0 Å². The largest absolute Gasteiger partial charge is 0.480 e. The molecular weight excluding hydrogens is 346 g/mol. The van der Waals surface area contributed by atoms with Crippen LogP contribution in [0.1, 0.15) is 18.4 Å². The van der Waals surface area contributed by atoms with Crippen molar-refractivity contribution in [2.75, 3.05) is 37.6 Å². The van der Waals surface area contributed by atoms with E-state index in [9.17, 15) is 18.0 Å². The zero-order chi connectivity index (χ0) is 18.0. The molecule has 0 radical (unpaired) electrons. The number of anilines is 1. The molecule has 0 saturated carbocycles. The molecule has 0 aliphatic carbocycles. The Morgan fingerprint density at radius 1 is 1.16 bits per heavy atom. The number of hydrogen-bond acceptors (Lipinski definition) is 5. The van der Waals surface area contributed by atoms with Crippen molar-refractivity contribution in [1.82, 2.24) is 9.62 Å². The molecule has 2 aliphatic rings. The van der Waals surface area contributed by atoms with Crippen molar-refractivity contribution in [1.29, 1.82) is 0 Å². The highest BCUT2D eigenvalue weighted by Crippen LogP contribution is 2.32. The molecular formula is C16H21N3O5S. The Hall–Kier alpha value is -2.13. The Labute approximate surface area is 146 Å². The highest BCUT2D eigenvalue weighted by molar-refractivity contribution is 7.89. The van der Waals surface area contributed by atoms with Gasteiger partial charge in [0.15, 0.2) is 0 Å². The van der Waals surface area contributed by atoms with Crippen LogP contribution in [-0.2, 0) is 26.0 Å². The fraction of sp³-hybridized carbons (Fsp3) is 0.500. The lowest BCUT2D eigenvalue weighted by Gasteiger charge is -2.20. The van der Waals surface area contributed by atoms with Crippen molar-refractivity contribution in [2.45, 2.75) is 24.2 Å². The van der Waals surface area contributed by atoms with Crippen LogP contribution in [0.3, 0.4) is 0 Å². The predicted molar refractivity (Wildman–Crippen MR) is 91.0 cm³/mol. The number of benzene rings is 1. The number of carboxylic acid groups (broad SMARTS) is 1. The Bertz CT molecular complexity index is 787. The topological polar surface area (TPSA) is 107 Å². The molecule has 0 bridgehead atoms. The fourth-order valence-corrected chi connectivity index (χ4v) is 4.77. The van der Waals surface area contributed by atoms with Crippen LogP contribution >= 0.6 is 0 Å². The molecule has 136 valence electrons. The summed E-state index contributed by atoms with van der Waals surface area (Å²) >= 11 is 0. The van der Waals surface area contributed by atoms with Gasteiger partial charge >= 0.3 is 5.97 Å². The lowest BCUT2D eigenvalue weighted by Crippen LogP contribution is -2.38. The number of carbonyl (C=O) groups excluding carboxylic acids is 1. The minimum absolute atomic E-state index is 0.00744. The summed E-state index contributed by atoms with van der Waals surface area (Å²) in [6, 6.07) is 5.05. The van der Waals surface area contributed by atoms with Gasteiger partial charge < -0.3 is 15.3 Å². The van der Waals surface area contributed by atoms with Crippen LogP contribution in [0.15, 0.2) is 23.1 Å². The van der Waals surface area contributed by atoms with Gasteiger partial charge in [-0.1, -0.05) is 6.07 Å². The zero-order valence-electron chi connectivity index (χ0n) is 13.8. The number of rotatable bonds is 6. The van der Waals surface area contributed by atoms with E-state index in [0.29, 0.717) is 19.6 Å². The van der Waals surface area contributed by atoms with Gasteiger partial charge in [-0.3, -0.25) is 9.59 Å². The number of hydrogen-bond donors (Lipinski definition) is 2. The van der Waals surface area contributed by atoms with E-state index < -0.39 is 28.4 Å². The van der Waals surface area contributed by atoms with Crippen LogP contribution in [0.2, 0.25) is 0 Å². The molecule has 2 heterocycles. The van der Waals surface area contributed by atoms with Crippen LogP contribution < -0.4 is 10.2 Å². The maximum Gasteiger partial charge on any atom is 0.322 e. The predicted octanol–water partition coefficient (Wildman–Crippen LogP) is 0.0344. The second kappa shape index (κ2) is 7.01. The number of nitrogens with zero attached hydrogens (tertiary/aromatic N) is 2. The van der Waals surface area contributed by atoms with Crippen molar-refractivity contribution in [2.24, 2.45) is 0 Å². The van der Waals surface area contributed by atoms with Gasteiger partial charge in [-0.25, -0.2) is 8.42 Å². The first kappa shape index (κ1) is 17.7. The smallest absolute Gasteiger partial charge is 0.322 e. The molecule has 1 aromatic carbocycles. The van der Waals surface area contributed by atoms with E-state index in [4.69, 9.17) is 5.11 Å². The van der Waals surface area contributed by atoms with Gasteiger partial charge in [0.05, 0.1) is 11.4 Å². The standard InChI is InChI=1S/C16H21N3O5S/c20-15(17-10-16(21)22)11-18-8-5-12-3-4-13(9-14(12)18)25(23,24)19-6-1-2-7-19/h3-4,9H,1-2,5-8,10-11H2,(H,17,20)(H,21,22). The van der Waals surface area contributed by atoms with Crippen LogP contribution in [0.25, 0.3) is 0 Å². The number of carbonyl (C=O) groups is 2. The number of aliphatic carboxylic acids is 1. The fourth-order valence-electron chi connectivity index (χ4n) is 3.23. The quantitative estimate of drug-likeness (QED) is 0.735. The van der Waals surface area contributed by atoms with Crippen LogP contribution in [0.5, 0.6) is 0 Å². The molecule has 1 aromatic rings. The molecule has 9 heteroatoms. The third-order valence-electron chi connectivity index (χ3n) is 4.52. The maximum atomic E-state index is 12.7. The van der Waals surface area contributed by atoms with Crippen LogP contribution in [0, 0.1) is 0 Å². The molecule has 0 unspecified atom stereocenters. The highest BCUT2D eigenvalue weighted by Gasteiger charge is 2.29. The molecule has 8 nitrogen and oxygen atoms in total. The summed E-state index contributed by atoms with van der Waals surface area (Å²) in [5.41, 5.74) is 1.72. The average molecular weight is 367 g/mol. The number of sulfonamides is 1. The number of carboxylic acids is 1. The normalized spacial score (nSPS) is 17.5. The first-order valence-electron chi connectivity index (χ1n) is 8.24. The molecule has 1 amide bonds. The van der Waals surface area contributed by atoms with Crippen molar-refractivity contribution in [3.63, 3.8) is 0 Å². The van der Waals surface area contributed by atoms with E-state index >= 15 is 0 Å². The van der Waals surface area contributed by atoms with E-state index in [-0.39, 0.29) is 11.4 Å². The van der Waals surface area contributed by atoms with Crippen molar-refractivity contribution >= 4 is 27.6 Å². The summed E-state index contributed by atoms with van der Waals surface area (Å²) in [6.07, 6.45) is 2.48. The number of amides is 1. The second-order valence-corrected chi connectivity index (χ2v) is 8.18. The Morgan fingerprint density at radius 2 is 1.88 bits per heavy atom.